The van der Waals surface area contributed by atoms with Gasteiger partial charge in [-0.2, -0.15) is 4.98 Å². The molecule has 0 radical (unpaired) electrons. The number of nitrogen functional groups attached to an aromatic ring is 1. The number of ether oxygens (including phenoxy) is 1. The normalized spacial score (nSPS) is 15.7. The molecule has 2 N–H and O–H groups in total. The summed E-state index contributed by atoms with van der Waals surface area (Å²) in [6, 6.07) is 2.04. The van der Waals surface area contributed by atoms with Crippen molar-refractivity contribution in [2.24, 2.45) is 5.92 Å². The summed E-state index contributed by atoms with van der Waals surface area (Å²) in [5.41, 5.74) is 5.47. The molecular formula is C9H13N3O. The van der Waals surface area contributed by atoms with E-state index in [2.05, 4.69) is 9.97 Å². The highest BCUT2D eigenvalue weighted by Crippen LogP contribution is 2.32. The van der Waals surface area contributed by atoms with Crippen molar-refractivity contribution in [3.63, 3.8) is 0 Å². The first-order chi connectivity index (χ1) is 6.34. The highest BCUT2D eigenvalue weighted by Gasteiger charge is 2.20. The van der Waals surface area contributed by atoms with Crippen LogP contribution in [0.1, 0.15) is 19.3 Å². The molecule has 1 aromatic rings. The minimum atomic E-state index is 0.389. The molecule has 0 unspecified atom stereocenters. The molecule has 70 valence electrons. The van der Waals surface area contributed by atoms with E-state index in [0.717, 1.165) is 12.3 Å². The standard InChI is InChI=1S/C9H13N3O/c10-8-3-5-11-9(12-8)13-6-4-7-1-2-7/h3,5,7H,1-2,4,6H2,(H2,10,11,12). The highest BCUT2D eigenvalue weighted by molar-refractivity contribution is 5.26. The minimum absolute atomic E-state index is 0.389. The smallest absolute Gasteiger partial charge is 0.318 e. The van der Waals surface area contributed by atoms with E-state index in [-0.39, 0.29) is 0 Å². The first kappa shape index (κ1) is 8.29. The molecule has 4 nitrogen and oxygen atoms in total. The first-order valence-electron chi connectivity index (χ1n) is 4.56. The zero-order valence-electron chi connectivity index (χ0n) is 7.44. The second kappa shape index (κ2) is 3.60. The fourth-order valence-electron chi connectivity index (χ4n) is 1.15. The van der Waals surface area contributed by atoms with Gasteiger partial charge in [-0.3, -0.25) is 0 Å². The predicted octanol–water partition coefficient (Wildman–Crippen LogP) is 1.24. The van der Waals surface area contributed by atoms with Crippen LogP contribution in [0, 0.1) is 5.92 Å². The van der Waals surface area contributed by atoms with Crippen LogP contribution in [0.5, 0.6) is 6.01 Å². The van der Waals surface area contributed by atoms with Crippen molar-refractivity contribution in [1.82, 2.24) is 9.97 Å². The van der Waals surface area contributed by atoms with Gasteiger partial charge in [0.2, 0.25) is 0 Å². The van der Waals surface area contributed by atoms with Gasteiger partial charge >= 0.3 is 6.01 Å². The van der Waals surface area contributed by atoms with Crippen molar-refractivity contribution in [3.8, 4) is 6.01 Å². The van der Waals surface area contributed by atoms with Crippen molar-refractivity contribution in [2.45, 2.75) is 19.3 Å². The van der Waals surface area contributed by atoms with Gasteiger partial charge in [0.05, 0.1) is 6.61 Å². The quantitative estimate of drug-likeness (QED) is 0.755. The van der Waals surface area contributed by atoms with Crippen molar-refractivity contribution >= 4 is 5.82 Å². The van der Waals surface area contributed by atoms with Crippen LogP contribution in [0.15, 0.2) is 12.3 Å². The lowest BCUT2D eigenvalue weighted by Gasteiger charge is -2.02. The summed E-state index contributed by atoms with van der Waals surface area (Å²) < 4.78 is 5.34. The summed E-state index contributed by atoms with van der Waals surface area (Å²) in [6.45, 7) is 0.702. The predicted molar refractivity (Wildman–Crippen MR) is 49.3 cm³/mol. The molecule has 1 fully saturated rings. The fourth-order valence-corrected chi connectivity index (χ4v) is 1.15. The fraction of sp³-hybridized carbons (Fsp3) is 0.556. The van der Waals surface area contributed by atoms with Crippen LogP contribution in [-0.2, 0) is 0 Å². The second-order valence-corrected chi connectivity index (χ2v) is 3.34. The summed E-state index contributed by atoms with van der Waals surface area (Å²) >= 11 is 0. The van der Waals surface area contributed by atoms with Gasteiger partial charge in [0.1, 0.15) is 5.82 Å². The number of anilines is 1. The topological polar surface area (TPSA) is 61.0 Å². The van der Waals surface area contributed by atoms with Crippen LogP contribution >= 0.6 is 0 Å². The summed E-state index contributed by atoms with van der Waals surface area (Å²) in [4.78, 5) is 7.88. The van der Waals surface area contributed by atoms with Crippen LogP contribution in [0.3, 0.4) is 0 Å². The van der Waals surface area contributed by atoms with Crippen molar-refractivity contribution in [1.29, 1.82) is 0 Å². The Morgan fingerprint density at radius 3 is 3.08 bits per heavy atom. The van der Waals surface area contributed by atoms with Gasteiger partial charge in [-0.15, -0.1) is 0 Å². The van der Waals surface area contributed by atoms with E-state index >= 15 is 0 Å². The van der Waals surface area contributed by atoms with Gasteiger partial charge in [0.15, 0.2) is 0 Å². The third-order valence-corrected chi connectivity index (χ3v) is 2.11. The SMILES string of the molecule is Nc1ccnc(OCCC2CC2)n1. The Bertz CT molecular complexity index is 286. The average Bonchev–Trinajstić information content (AvgIpc) is 2.88. The maximum Gasteiger partial charge on any atom is 0.318 e. The molecule has 0 amide bonds. The van der Waals surface area contributed by atoms with Crippen LogP contribution in [-0.4, -0.2) is 16.6 Å². The molecular weight excluding hydrogens is 166 g/mol. The lowest BCUT2D eigenvalue weighted by Crippen LogP contribution is -2.03. The number of aromatic nitrogens is 2. The van der Waals surface area contributed by atoms with E-state index in [0.29, 0.717) is 18.4 Å². The number of nitrogens with zero attached hydrogens (tertiary/aromatic N) is 2. The molecule has 2 rings (SSSR count). The first-order valence-corrected chi connectivity index (χ1v) is 4.56. The lowest BCUT2D eigenvalue weighted by atomic mass is 10.3. The Hall–Kier alpha value is -1.32. The molecule has 0 aliphatic heterocycles. The van der Waals surface area contributed by atoms with E-state index in [1.807, 2.05) is 0 Å². The number of rotatable bonds is 4. The van der Waals surface area contributed by atoms with Crippen LogP contribution in [0.2, 0.25) is 0 Å². The van der Waals surface area contributed by atoms with E-state index in [1.165, 1.54) is 12.8 Å². The van der Waals surface area contributed by atoms with Crippen molar-refractivity contribution in [3.05, 3.63) is 12.3 Å². The number of nitrogens with two attached hydrogens (primary N) is 1. The Morgan fingerprint density at radius 1 is 1.54 bits per heavy atom. The molecule has 0 spiro atoms. The van der Waals surface area contributed by atoms with Crippen molar-refractivity contribution < 1.29 is 4.74 Å². The third kappa shape index (κ3) is 2.57. The average molecular weight is 179 g/mol. The lowest BCUT2D eigenvalue weighted by molar-refractivity contribution is 0.280. The molecule has 1 heterocycles. The minimum Gasteiger partial charge on any atom is -0.463 e. The largest absolute Gasteiger partial charge is 0.463 e. The van der Waals surface area contributed by atoms with Crippen LogP contribution < -0.4 is 10.5 Å². The Balaban J connectivity index is 1.79. The summed E-state index contributed by atoms with van der Waals surface area (Å²) in [5.74, 6) is 1.33. The molecule has 1 aliphatic rings. The van der Waals surface area contributed by atoms with E-state index in [1.54, 1.807) is 12.3 Å². The second-order valence-electron chi connectivity index (χ2n) is 3.34. The highest BCUT2D eigenvalue weighted by atomic mass is 16.5. The van der Waals surface area contributed by atoms with Crippen LogP contribution in [0.25, 0.3) is 0 Å². The van der Waals surface area contributed by atoms with Gasteiger partial charge in [0.25, 0.3) is 0 Å². The Morgan fingerprint density at radius 2 is 2.38 bits per heavy atom. The molecule has 4 heteroatoms. The molecule has 1 aliphatic carbocycles. The van der Waals surface area contributed by atoms with Crippen molar-refractivity contribution in [2.75, 3.05) is 12.3 Å². The van der Waals surface area contributed by atoms with Gasteiger partial charge in [0, 0.05) is 6.20 Å². The van der Waals surface area contributed by atoms with E-state index in [4.69, 9.17) is 10.5 Å². The summed E-state index contributed by atoms with van der Waals surface area (Å²) in [5, 5.41) is 0. The number of hydrogen-bond donors (Lipinski definition) is 1. The molecule has 0 atom stereocenters. The Labute approximate surface area is 77.1 Å². The maximum atomic E-state index is 5.47. The van der Waals surface area contributed by atoms with Gasteiger partial charge in [-0.1, -0.05) is 12.8 Å². The van der Waals surface area contributed by atoms with E-state index < -0.39 is 0 Å². The summed E-state index contributed by atoms with van der Waals surface area (Å²) in [7, 11) is 0. The van der Waals surface area contributed by atoms with Crippen LogP contribution in [0.4, 0.5) is 5.82 Å². The number of hydrogen-bond acceptors (Lipinski definition) is 4. The molecule has 13 heavy (non-hydrogen) atoms. The van der Waals surface area contributed by atoms with Gasteiger partial charge < -0.3 is 10.5 Å². The summed E-state index contributed by atoms with van der Waals surface area (Å²) in [6.07, 6.45) is 5.41. The molecule has 0 saturated heterocycles. The zero-order chi connectivity index (χ0) is 9.10. The molecule has 0 aromatic carbocycles. The molecule has 1 saturated carbocycles. The maximum absolute atomic E-state index is 5.47. The third-order valence-electron chi connectivity index (χ3n) is 2.11. The van der Waals surface area contributed by atoms with E-state index in [9.17, 15) is 0 Å². The Kier molecular flexibility index (Phi) is 2.29. The molecule has 0 bridgehead atoms. The van der Waals surface area contributed by atoms with Gasteiger partial charge in [-0.25, -0.2) is 4.98 Å². The zero-order valence-corrected chi connectivity index (χ0v) is 7.44. The molecule has 1 aromatic heterocycles. The monoisotopic (exact) mass is 179 g/mol. The van der Waals surface area contributed by atoms with Gasteiger partial charge in [-0.05, 0) is 18.4 Å².